The molecule has 0 aliphatic rings. The molecule has 0 amide bonds. The molecule has 5 N–H and O–H groups in total. The van der Waals surface area contributed by atoms with Crippen molar-refractivity contribution >= 4 is 5.78 Å². The summed E-state index contributed by atoms with van der Waals surface area (Å²) in [6, 6.07) is 0. The molecule has 0 aliphatic carbocycles. The van der Waals surface area contributed by atoms with Crippen molar-refractivity contribution in [1.29, 1.82) is 0 Å². The van der Waals surface area contributed by atoms with Crippen LogP contribution in [0, 0.1) is 0 Å². The topological polar surface area (TPSA) is 118 Å². The van der Waals surface area contributed by atoms with Gasteiger partial charge in [-0.3, -0.25) is 4.79 Å². The van der Waals surface area contributed by atoms with Crippen molar-refractivity contribution in [3.05, 3.63) is 12.7 Å². The van der Waals surface area contributed by atoms with Crippen LogP contribution in [0.2, 0.25) is 0 Å². The quantitative estimate of drug-likeness (QED) is 0.299. The highest BCUT2D eigenvalue weighted by Crippen LogP contribution is 2.03. The van der Waals surface area contributed by atoms with E-state index in [4.69, 9.17) is 25.5 Å². The molecule has 0 rings (SSSR count). The normalized spacial score (nSPS) is 19.5. The average Bonchev–Trinajstić information content (AvgIpc) is 2.23. The lowest BCUT2D eigenvalue weighted by Crippen LogP contribution is -2.46. The van der Waals surface area contributed by atoms with Crippen molar-refractivity contribution in [2.45, 2.75) is 24.4 Å². The minimum atomic E-state index is -1.93. The molecule has 0 aliphatic heterocycles. The van der Waals surface area contributed by atoms with Crippen molar-refractivity contribution in [3.8, 4) is 0 Å². The molecule has 14 heavy (non-hydrogen) atoms. The second kappa shape index (κ2) is 5.84. The number of aliphatic hydroxyl groups is 5. The number of carbonyl (C=O) groups is 1. The second-order valence-corrected chi connectivity index (χ2v) is 2.77. The van der Waals surface area contributed by atoms with Crippen LogP contribution in [0.4, 0.5) is 0 Å². The third kappa shape index (κ3) is 3.17. The van der Waals surface area contributed by atoms with E-state index in [9.17, 15) is 4.79 Å². The Morgan fingerprint density at radius 2 is 1.71 bits per heavy atom. The zero-order valence-electron chi connectivity index (χ0n) is 7.45. The van der Waals surface area contributed by atoms with E-state index < -0.39 is 36.8 Å². The van der Waals surface area contributed by atoms with Gasteiger partial charge in [0.05, 0.1) is 6.61 Å². The molecule has 0 saturated carbocycles. The Kier molecular flexibility index (Phi) is 5.51. The van der Waals surface area contributed by atoms with Crippen LogP contribution in [0.1, 0.15) is 0 Å². The first-order chi connectivity index (χ1) is 6.45. The lowest BCUT2D eigenvalue weighted by atomic mass is 10.0. The first-order valence-electron chi connectivity index (χ1n) is 3.95. The smallest absolute Gasteiger partial charge is 0.195 e. The Balaban J connectivity index is 4.38. The summed E-state index contributed by atoms with van der Waals surface area (Å²) in [6.45, 7) is 2.32. The molecule has 0 saturated heterocycles. The van der Waals surface area contributed by atoms with Crippen LogP contribution in [0.5, 0.6) is 0 Å². The van der Waals surface area contributed by atoms with E-state index in [1.807, 2.05) is 0 Å². The maximum absolute atomic E-state index is 11.1. The Bertz CT molecular complexity index is 204. The van der Waals surface area contributed by atoms with E-state index in [-0.39, 0.29) is 0 Å². The molecule has 6 nitrogen and oxygen atoms in total. The number of rotatable bonds is 6. The Morgan fingerprint density at radius 1 is 1.21 bits per heavy atom. The van der Waals surface area contributed by atoms with Crippen molar-refractivity contribution < 1.29 is 30.3 Å². The van der Waals surface area contributed by atoms with Crippen molar-refractivity contribution in [1.82, 2.24) is 0 Å². The fourth-order valence-electron chi connectivity index (χ4n) is 0.762. The van der Waals surface area contributed by atoms with Gasteiger partial charge in [0.15, 0.2) is 5.78 Å². The first-order valence-corrected chi connectivity index (χ1v) is 3.95. The summed E-state index contributed by atoms with van der Waals surface area (Å²) < 4.78 is 0. The lowest BCUT2D eigenvalue weighted by molar-refractivity contribution is -0.147. The Hall–Kier alpha value is -0.790. The van der Waals surface area contributed by atoms with E-state index in [2.05, 4.69) is 6.58 Å². The van der Waals surface area contributed by atoms with Crippen molar-refractivity contribution in [3.63, 3.8) is 0 Å². The van der Waals surface area contributed by atoms with Gasteiger partial charge in [-0.25, -0.2) is 0 Å². The summed E-state index contributed by atoms with van der Waals surface area (Å²) in [5, 5.41) is 44.3. The number of ketones is 1. The molecule has 0 spiro atoms. The van der Waals surface area contributed by atoms with Crippen LogP contribution in [0.15, 0.2) is 12.7 Å². The SMILES string of the molecule is C=CC(O)[C@H](O)C(=O)[C@@H](O)[C@H](O)CO. The minimum absolute atomic E-state index is 0.816. The molecular weight excluding hydrogens is 192 g/mol. The van der Waals surface area contributed by atoms with Gasteiger partial charge in [-0.1, -0.05) is 6.08 Å². The summed E-state index contributed by atoms with van der Waals surface area (Å²) in [7, 11) is 0. The van der Waals surface area contributed by atoms with Crippen LogP contribution in [0.25, 0.3) is 0 Å². The van der Waals surface area contributed by atoms with E-state index in [0.29, 0.717) is 0 Å². The average molecular weight is 206 g/mol. The molecule has 0 aromatic heterocycles. The van der Waals surface area contributed by atoms with Crippen LogP contribution in [0.3, 0.4) is 0 Å². The van der Waals surface area contributed by atoms with E-state index in [0.717, 1.165) is 6.08 Å². The Labute approximate surface area is 80.7 Å². The summed E-state index contributed by atoms with van der Waals surface area (Å²) in [6.07, 6.45) is -6.05. The van der Waals surface area contributed by atoms with E-state index >= 15 is 0 Å². The molecule has 1 unspecified atom stereocenters. The van der Waals surface area contributed by atoms with Gasteiger partial charge < -0.3 is 25.5 Å². The third-order valence-corrected chi connectivity index (χ3v) is 1.70. The van der Waals surface area contributed by atoms with Gasteiger partial charge in [0.2, 0.25) is 0 Å². The van der Waals surface area contributed by atoms with E-state index in [1.165, 1.54) is 0 Å². The number of Topliss-reactive ketones (excluding diaryl/α,β-unsaturated/α-hetero) is 1. The zero-order valence-corrected chi connectivity index (χ0v) is 7.45. The van der Waals surface area contributed by atoms with Crippen molar-refractivity contribution in [2.75, 3.05) is 6.61 Å². The number of aliphatic hydroxyl groups excluding tert-OH is 5. The maximum atomic E-state index is 11.1. The molecule has 0 aromatic carbocycles. The minimum Gasteiger partial charge on any atom is -0.394 e. The molecule has 4 atom stereocenters. The van der Waals surface area contributed by atoms with Gasteiger partial charge in [-0.05, 0) is 0 Å². The summed E-state index contributed by atoms with van der Waals surface area (Å²) in [4.78, 5) is 11.1. The predicted molar refractivity (Wildman–Crippen MR) is 46.3 cm³/mol. The van der Waals surface area contributed by atoms with Crippen LogP contribution >= 0.6 is 0 Å². The molecule has 0 radical (unpaired) electrons. The third-order valence-electron chi connectivity index (χ3n) is 1.70. The van der Waals surface area contributed by atoms with Gasteiger partial charge in [0.1, 0.15) is 24.4 Å². The molecule has 6 heteroatoms. The van der Waals surface area contributed by atoms with E-state index in [1.54, 1.807) is 0 Å². The van der Waals surface area contributed by atoms with Gasteiger partial charge >= 0.3 is 0 Å². The molecule has 0 fully saturated rings. The molecule has 0 aromatic rings. The predicted octanol–water partition coefficient (Wildman–Crippen LogP) is -2.82. The van der Waals surface area contributed by atoms with Gasteiger partial charge in [-0.2, -0.15) is 0 Å². The number of hydrogen-bond acceptors (Lipinski definition) is 6. The number of hydrogen-bond donors (Lipinski definition) is 5. The fourth-order valence-corrected chi connectivity index (χ4v) is 0.762. The zero-order chi connectivity index (χ0) is 11.3. The summed E-state index contributed by atoms with van der Waals surface area (Å²) >= 11 is 0. The van der Waals surface area contributed by atoms with Crippen LogP contribution in [-0.2, 0) is 4.79 Å². The molecule has 0 heterocycles. The van der Waals surface area contributed by atoms with Crippen molar-refractivity contribution in [2.24, 2.45) is 0 Å². The first kappa shape index (κ1) is 13.2. The monoisotopic (exact) mass is 206 g/mol. The van der Waals surface area contributed by atoms with Gasteiger partial charge in [0, 0.05) is 0 Å². The largest absolute Gasteiger partial charge is 0.394 e. The maximum Gasteiger partial charge on any atom is 0.195 e. The second-order valence-electron chi connectivity index (χ2n) is 2.77. The Morgan fingerprint density at radius 3 is 2.07 bits per heavy atom. The standard InChI is InChI=1S/C8H14O6/c1-2-4(10)6(12)8(14)7(13)5(11)3-9/h2,4-7,9-13H,1,3H2/t4?,5-,6+,7+/m1/s1. The fraction of sp³-hybridized carbons (Fsp3) is 0.625. The highest BCUT2D eigenvalue weighted by molar-refractivity contribution is 5.88. The van der Waals surface area contributed by atoms with Gasteiger partial charge in [0.25, 0.3) is 0 Å². The highest BCUT2D eigenvalue weighted by atomic mass is 16.4. The lowest BCUT2D eigenvalue weighted by Gasteiger charge is -2.19. The highest BCUT2D eigenvalue weighted by Gasteiger charge is 2.32. The molecular formula is C8H14O6. The summed E-state index contributed by atoms with van der Waals surface area (Å²) in [5.74, 6) is -1.17. The molecule has 82 valence electrons. The summed E-state index contributed by atoms with van der Waals surface area (Å²) in [5.41, 5.74) is 0. The molecule has 0 bridgehead atoms. The van der Waals surface area contributed by atoms with Crippen LogP contribution < -0.4 is 0 Å². The number of carbonyl (C=O) groups excluding carboxylic acids is 1. The van der Waals surface area contributed by atoms with Gasteiger partial charge in [-0.15, -0.1) is 6.58 Å². The van der Waals surface area contributed by atoms with Crippen LogP contribution in [-0.4, -0.2) is 62.3 Å².